The lowest BCUT2D eigenvalue weighted by molar-refractivity contribution is 0.338. The molecule has 0 spiro atoms. The van der Waals surface area contributed by atoms with Gasteiger partial charge >= 0.3 is 5.63 Å². The first-order chi connectivity index (χ1) is 12.4. The van der Waals surface area contributed by atoms with E-state index in [-0.39, 0.29) is 34.3 Å². The van der Waals surface area contributed by atoms with E-state index in [2.05, 4.69) is 0 Å². The number of hydrogen-bond acceptors (Lipinski definition) is 7. The minimum atomic E-state index is -0.597. The monoisotopic (exact) mass is 358 g/mol. The lowest BCUT2D eigenvalue weighted by atomic mass is 9.93. The molecule has 7 nitrogen and oxygen atoms in total. The van der Waals surface area contributed by atoms with Gasteiger partial charge in [0.2, 0.25) is 11.5 Å². The lowest BCUT2D eigenvalue weighted by Crippen LogP contribution is -2.11. The van der Waals surface area contributed by atoms with E-state index in [1.165, 1.54) is 26.4 Å². The number of aromatic hydroxyl groups is 3. The van der Waals surface area contributed by atoms with Crippen molar-refractivity contribution < 1.29 is 29.2 Å². The van der Waals surface area contributed by atoms with E-state index in [4.69, 9.17) is 13.9 Å². The van der Waals surface area contributed by atoms with Crippen LogP contribution in [0.15, 0.2) is 39.5 Å². The second kappa shape index (κ2) is 6.51. The predicted molar refractivity (Wildman–Crippen MR) is 94.5 cm³/mol. The number of benzene rings is 2. The quantitative estimate of drug-likeness (QED) is 0.486. The Labute approximate surface area is 148 Å². The molecular weight excluding hydrogens is 340 g/mol. The van der Waals surface area contributed by atoms with E-state index >= 15 is 0 Å². The third kappa shape index (κ3) is 2.77. The van der Waals surface area contributed by atoms with Gasteiger partial charge in [0.05, 0.1) is 14.2 Å². The highest BCUT2D eigenvalue weighted by atomic mass is 16.5. The van der Waals surface area contributed by atoms with Crippen molar-refractivity contribution in [3.63, 3.8) is 0 Å². The molecule has 1 unspecified atom stereocenters. The Kier molecular flexibility index (Phi) is 4.38. The molecule has 1 atom stereocenters. The average Bonchev–Trinajstić information content (AvgIpc) is 2.62. The molecule has 0 aliphatic rings. The largest absolute Gasteiger partial charge is 0.504 e. The van der Waals surface area contributed by atoms with Crippen LogP contribution in [0.1, 0.15) is 24.0 Å². The van der Waals surface area contributed by atoms with E-state index in [9.17, 15) is 20.1 Å². The Morgan fingerprint density at radius 2 is 1.73 bits per heavy atom. The van der Waals surface area contributed by atoms with Crippen molar-refractivity contribution in [2.24, 2.45) is 0 Å². The molecule has 3 aromatic rings. The van der Waals surface area contributed by atoms with Gasteiger partial charge in [0, 0.05) is 16.9 Å². The molecule has 26 heavy (non-hydrogen) atoms. The lowest BCUT2D eigenvalue weighted by Gasteiger charge is -2.14. The number of ether oxygens (including phenoxy) is 2. The van der Waals surface area contributed by atoms with E-state index < -0.39 is 11.5 Å². The first-order valence-electron chi connectivity index (χ1n) is 7.81. The molecule has 1 heterocycles. The number of methoxy groups -OCH3 is 2. The fraction of sp³-hybridized carbons (Fsp3) is 0.211. The fourth-order valence-corrected chi connectivity index (χ4v) is 2.85. The summed E-state index contributed by atoms with van der Waals surface area (Å²) in [7, 11) is 2.76. The molecule has 3 N–H and O–H groups in total. The van der Waals surface area contributed by atoms with E-state index in [0.717, 1.165) is 0 Å². The van der Waals surface area contributed by atoms with E-state index in [0.29, 0.717) is 16.5 Å². The Hall–Kier alpha value is -3.35. The van der Waals surface area contributed by atoms with Gasteiger partial charge in [-0.05, 0) is 29.8 Å². The van der Waals surface area contributed by atoms with Crippen molar-refractivity contribution >= 4 is 11.0 Å². The number of phenolic OH excluding ortho intramolecular Hbond substituents is 3. The maximum atomic E-state index is 12.5. The molecule has 0 aliphatic carbocycles. The molecule has 0 fully saturated rings. The highest BCUT2D eigenvalue weighted by Crippen LogP contribution is 2.42. The predicted octanol–water partition coefficient (Wildman–Crippen LogP) is 3.08. The smallest absolute Gasteiger partial charge is 0.340 e. The molecule has 2 aromatic carbocycles. The first kappa shape index (κ1) is 17.5. The highest BCUT2D eigenvalue weighted by Gasteiger charge is 2.21. The molecule has 3 rings (SSSR count). The topological polar surface area (TPSA) is 109 Å². The maximum Gasteiger partial charge on any atom is 0.340 e. The zero-order chi connectivity index (χ0) is 19.0. The summed E-state index contributed by atoms with van der Waals surface area (Å²) in [5.41, 5.74) is 0.489. The van der Waals surface area contributed by atoms with Crippen LogP contribution < -0.4 is 15.1 Å². The molecule has 0 saturated heterocycles. The van der Waals surface area contributed by atoms with Crippen LogP contribution in [-0.4, -0.2) is 29.5 Å². The van der Waals surface area contributed by atoms with Crippen molar-refractivity contribution in [3.05, 3.63) is 51.9 Å². The van der Waals surface area contributed by atoms with Gasteiger partial charge in [-0.1, -0.05) is 13.0 Å². The third-order valence-corrected chi connectivity index (χ3v) is 4.33. The molecule has 0 aliphatic heterocycles. The SMILES string of the molecule is COc1cc2cc(C(C)c3ccc(O)c(O)c3)c(=O)oc2c(OC)c1O. The summed E-state index contributed by atoms with van der Waals surface area (Å²) in [5.74, 6) is -0.978. The van der Waals surface area contributed by atoms with Crippen molar-refractivity contribution in [1.29, 1.82) is 0 Å². The Morgan fingerprint density at radius 3 is 2.35 bits per heavy atom. The van der Waals surface area contributed by atoms with Crippen LogP contribution in [0, 0.1) is 0 Å². The summed E-state index contributed by atoms with van der Waals surface area (Å²) >= 11 is 0. The van der Waals surface area contributed by atoms with E-state index in [1.54, 1.807) is 25.1 Å². The van der Waals surface area contributed by atoms with Gasteiger partial charge in [-0.3, -0.25) is 0 Å². The number of fused-ring (bicyclic) bond motifs is 1. The molecule has 0 amide bonds. The molecule has 7 heteroatoms. The van der Waals surface area contributed by atoms with Crippen LogP contribution in [0.4, 0.5) is 0 Å². The van der Waals surface area contributed by atoms with Gasteiger partial charge in [0.1, 0.15) is 0 Å². The second-order valence-electron chi connectivity index (χ2n) is 5.84. The summed E-state index contributed by atoms with van der Waals surface area (Å²) in [6.07, 6.45) is 0. The van der Waals surface area contributed by atoms with Crippen LogP contribution in [-0.2, 0) is 0 Å². The molecular formula is C19H18O7. The van der Waals surface area contributed by atoms with Crippen LogP contribution in [0.2, 0.25) is 0 Å². The Balaban J connectivity index is 2.21. The van der Waals surface area contributed by atoms with Crippen molar-refractivity contribution in [3.8, 4) is 28.7 Å². The van der Waals surface area contributed by atoms with Gasteiger partial charge < -0.3 is 29.2 Å². The van der Waals surface area contributed by atoms with Crippen LogP contribution in [0.5, 0.6) is 28.7 Å². The first-order valence-corrected chi connectivity index (χ1v) is 7.81. The van der Waals surface area contributed by atoms with Gasteiger partial charge in [0.15, 0.2) is 22.8 Å². The summed E-state index contributed by atoms with van der Waals surface area (Å²) in [6, 6.07) is 7.53. The highest BCUT2D eigenvalue weighted by molar-refractivity contribution is 5.88. The molecule has 0 bridgehead atoms. The molecule has 0 saturated carbocycles. The molecule has 136 valence electrons. The minimum Gasteiger partial charge on any atom is -0.504 e. The van der Waals surface area contributed by atoms with Crippen molar-refractivity contribution in [2.45, 2.75) is 12.8 Å². The van der Waals surface area contributed by atoms with Crippen LogP contribution >= 0.6 is 0 Å². The van der Waals surface area contributed by atoms with Crippen LogP contribution in [0.3, 0.4) is 0 Å². The van der Waals surface area contributed by atoms with Crippen molar-refractivity contribution in [1.82, 2.24) is 0 Å². The van der Waals surface area contributed by atoms with E-state index in [1.807, 2.05) is 0 Å². The standard InChI is InChI=1S/C19H18O7/c1-9(10-4-5-13(20)14(21)7-10)12-6-11-8-15(24-2)16(22)18(25-3)17(11)26-19(12)23/h4-9,20-22H,1-3H3. The van der Waals surface area contributed by atoms with Crippen molar-refractivity contribution in [2.75, 3.05) is 14.2 Å². The number of rotatable bonds is 4. The Bertz CT molecular complexity index is 1040. The normalized spacial score (nSPS) is 12.1. The Morgan fingerprint density at radius 1 is 1.00 bits per heavy atom. The zero-order valence-electron chi connectivity index (χ0n) is 14.4. The van der Waals surface area contributed by atoms with Gasteiger partial charge in [-0.2, -0.15) is 0 Å². The number of phenols is 3. The zero-order valence-corrected chi connectivity index (χ0v) is 14.4. The number of hydrogen-bond donors (Lipinski definition) is 3. The minimum absolute atomic E-state index is 0.0120. The fourth-order valence-electron chi connectivity index (χ4n) is 2.85. The summed E-state index contributed by atoms with van der Waals surface area (Å²) in [4.78, 5) is 12.5. The maximum absolute atomic E-state index is 12.5. The summed E-state index contributed by atoms with van der Waals surface area (Å²) in [5, 5.41) is 29.8. The third-order valence-electron chi connectivity index (χ3n) is 4.33. The second-order valence-corrected chi connectivity index (χ2v) is 5.84. The van der Waals surface area contributed by atoms with Gasteiger partial charge in [-0.15, -0.1) is 0 Å². The average molecular weight is 358 g/mol. The van der Waals surface area contributed by atoms with Gasteiger partial charge in [0.25, 0.3) is 0 Å². The van der Waals surface area contributed by atoms with Gasteiger partial charge in [-0.25, -0.2) is 4.79 Å². The molecule has 1 aromatic heterocycles. The van der Waals surface area contributed by atoms with Crippen LogP contribution in [0.25, 0.3) is 11.0 Å². The summed E-state index contributed by atoms with van der Waals surface area (Å²) < 4.78 is 15.7. The summed E-state index contributed by atoms with van der Waals surface area (Å²) in [6.45, 7) is 1.78. The molecule has 0 radical (unpaired) electrons.